The molecule has 0 amide bonds. The molecule has 0 atom stereocenters. The van der Waals surface area contributed by atoms with E-state index in [-0.39, 0.29) is 34.0 Å². The molecule has 0 N–H and O–H groups in total. The van der Waals surface area contributed by atoms with Crippen LogP contribution in [-0.4, -0.2) is 32.9 Å². The van der Waals surface area contributed by atoms with Crippen LogP contribution < -0.4 is 4.74 Å². The maximum Gasteiger partial charge on any atom is 0.170 e. The lowest BCUT2D eigenvalue weighted by molar-refractivity contribution is -0.208. The van der Waals surface area contributed by atoms with Gasteiger partial charge in [0.05, 0.1) is 5.02 Å². The molecule has 1 aromatic heterocycles. The van der Waals surface area contributed by atoms with Crippen LogP contribution in [0.1, 0.15) is 56.6 Å². The minimum Gasteiger partial charge on any atom is -0.486 e. The number of aromatic nitrogens is 3. The Morgan fingerprint density at radius 1 is 1.19 bits per heavy atom. The second-order valence-corrected chi connectivity index (χ2v) is 9.86. The van der Waals surface area contributed by atoms with Gasteiger partial charge in [-0.05, 0) is 49.7 Å². The van der Waals surface area contributed by atoms with Crippen molar-refractivity contribution in [2.45, 2.75) is 64.3 Å². The monoisotopic (exact) mass is 445 g/mol. The Bertz CT molecular complexity index is 1030. The van der Waals surface area contributed by atoms with Crippen LogP contribution in [-0.2, 0) is 29.0 Å². The number of carbonyl (C=O) groups is 2. The number of fused-ring (bicyclic) bond motifs is 1. The Hall–Kier alpha value is -2.28. The van der Waals surface area contributed by atoms with Gasteiger partial charge in [-0.15, -0.1) is 10.2 Å². The molecule has 1 aliphatic heterocycles. The number of carbonyl (C=O) groups excluding carboxylic acids is 2. The molecule has 2 aromatic rings. The molecule has 2 heterocycles. The van der Waals surface area contributed by atoms with E-state index in [0.717, 1.165) is 56.7 Å². The third kappa shape index (κ3) is 3.77. The summed E-state index contributed by atoms with van der Waals surface area (Å²) in [7, 11) is 0. The fraction of sp³-hybridized carbons (Fsp3) is 0.565. The summed E-state index contributed by atoms with van der Waals surface area (Å²) in [5.74, 6) is 1.96. The average Bonchev–Trinajstić information content (AvgIpc) is 3.12. The number of nitrogens with zero attached hydrogens (tertiary/aromatic N) is 3. The van der Waals surface area contributed by atoms with Gasteiger partial charge in [-0.1, -0.05) is 11.6 Å². The van der Waals surface area contributed by atoms with Crippen LogP contribution in [0.15, 0.2) is 18.2 Å². The summed E-state index contributed by atoms with van der Waals surface area (Å²) in [6.07, 6.45) is 7.19. The van der Waals surface area contributed by atoms with E-state index in [2.05, 4.69) is 14.8 Å². The second-order valence-electron chi connectivity index (χ2n) is 9.46. The highest BCUT2D eigenvalue weighted by atomic mass is 35.5. The van der Waals surface area contributed by atoms with Crippen LogP contribution in [0.3, 0.4) is 0 Å². The minimum absolute atomic E-state index is 0.0198. The minimum atomic E-state index is -0.571. The van der Waals surface area contributed by atoms with Gasteiger partial charge in [-0.3, -0.25) is 9.59 Å². The molecule has 3 fully saturated rings. The Kier molecular flexibility index (Phi) is 5.12. The average molecular weight is 446 g/mol. The van der Waals surface area contributed by atoms with Crippen molar-refractivity contribution in [1.82, 2.24) is 14.8 Å². The van der Waals surface area contributed by atoms with Crippen LogP contribution in [0.25, 0.3) is 0 Å². The molecule has 3 aliphatic carbocycles. The van der Waals surface area contributed by atoms with Gasteiger partial charge in [0.25, 0.3) is 0 Å². The van der Waals surface area contributed by atoms with Gasteiger partial charge in [-0.25, -0.2) is 4.39 Å². The molecule has 0 unspecified atom stereocenters. The van der Waals surface area contributed by atoms with Crippen molar-refractivity contribution in [3.8, 4) is 5.75 Å². The first kappa shape index (κ1) is 20.6. The molecule has 8 heteroatoms. The topological polar surface area (TPSA) is 74.1 Å². The number of rotatable bonds is 9. The van der Waals surface area contributed by atoms with Crippen LogP contribution in [0.5, 0.6) is 5.75 Å². The fourth-order valence-electron chi connectivity index (χ4n) is 5.73. The number of Topliss-reactive ketones (excluding diaryl/α,β-unsaturated/α-hetero) is 2. The van der Waals surface area contributed by atoms with E-state index >= 15 is 0 Å². The zero-order valence-electron chi connectivity index (χ0n) is 17.3. The van der Waals surface area contributed by atoms with Gasteiger partial charge in [0.1, 0.15) is 35.6 Å². The fourth-order valence-corrected chi connectivity index (χ4v) is 5.84. The molecular weight excluding hydrogens is 421 g/mol. The van der Waals surface area contributed by atoms with Crippen LogP contribution in [0, 0.1) is 16.6 Å². The highest BCUT2D eigenvalue weighted by molar-refractivity contribution is 6.30. The summed E-state index contributed by atoms with van der Waals surface area (Å²) in [5.41, 5.74) is -0.277. The number of ketones is 2. The summed E-state index contributed by atoms with van der Waals surface area (Å²) in [6.45, 7) is 0.856. The van der Waals surface area contributed by atoms with Crippen molar-refractivity contribution in [1.29, 1.82) is 0 Å². The van der Waals surface area contributed by atoms with Crippen molar-refractivity contribution in [3.63, 3.8) is 0 Å². The first-order valence-electron chi connectivity index (χ1n) is 10.9. The van der Waals surface area contributed by atoms with Gasteiger partial charge >= 0.3 is 0 Å². The predicted octanol–water partition coefficient (Wildman–Crippen LogP) is 4.12. The molecule has 4 aliphatic rings. The lowest BCUT2D eigenvalue weighted by Gasteiger charge is -2.70. The molecule has 31 heavy (non-hydrogen) atoms. The number of halogens is 2. The third-order valence-corrected chi connectivity index (χ3v) is 7.41. The van der Waals surface area contributed by atoms with Crippen molar-refractivity contribution in [2.75, 3.05) is 6.61 Å². The van der Waals surface area contributed by atoms with Gasteiger partial charge in [0, 0.05) is 43.7 Å². The number of benzene rings is 1. The molecule has 0 spiro atoms. The molecule has 0 saturated heterocycles. The Balaban J connectivity index is 1.07. The van der Waals surface area contributed by atoms with E-state index in [1.807, 2.05) is 0 Å². The highest BCUT2D eigenvalue weighted by Crippen LogP contribution is 2.75. The lowest BCUT2D eigenvalue weighted by Crippen LogP contribution is -2.66. The molecule has 1 aromatic carbocycles. The zero-order valence-corrected chi connectivity index (χ0v) is 18.1. The van der Waals surface area contributed by atoms with Crippen LogP contribution in [0.2, 0.25) is 5.02 Å². The van der Waals surface area contributed by atoms with E-state index in [4.69, 9.17) is 16.3 Å². The molecule has 2 bridgehead atoms. The smallest absolute Gasteiger partial charge is 0.170 e. The number of hydrogen-bond donors (Lipinski definition) is 0. The van der Waals surface area contributed by atoms with Crippen molar-refractivity contribution < 1.29 is 18.7 Å². The summed E-state index contributed by atoms with van der Waals surface area (Å²) in [4.78, 5) is 25.2. The predicted molar refractivity (Wildman–Crippen MR) is 112 cm³/mol. The lowest BCUT2D eigenvalue weighted by atomic mass is 9.33. The number of ether oxygens (including phenoxy) is 1. The SMILES string of the molecule is O=C(COc1ccc(Cl)c(F)c1)CC12CC(C(=O)CCc3nnc4n3CCCC4)(C1)C2. The summed E-state index contributed by atoms with van der Waals surface area (Å²) in [5, 5.41) is 8.57. The first-order chi connectivity index (χ1) is 14.9. The van der Waals surface area contributed by atoms with Crippen molar-refractivity contribution in [3.05, 3.63) is 40.7 Å². The molecule has 3 saturated carbocycles. The Labute approximate surface area is 185 Å². The standard InChI is InChI=1S/C23H25ClFN3O3/c24-17-5-4-16(9-18(17)25)31-11-15(29)10-22-12-23(13-22,14-22)19(30)6-7-21-27-26-20-3-1-2-8-28(20)21/h4-5,9H,1-3,6-8,10-14H2. The molecule has 0 radical (unpaired) electrons. The highest BCUT2D eigenvalue weighted by Gasteiger charge is 2.70. The Morgan fingerprint density at radius 3 is 2.77 bits per heavy atom. The molecule has 6 nitrogen and oxygen atoms in total. The normalized spacial score (nSPS) is 25.9. The first-order valence-corrected chi connectivity index (χ1v) is 11.3. The van der Waals surface area contributed by atoms with E-state index in [0.29, 0.717) is 25.0 Å². The van der Waals surface area contributed by atoms with E-state index in [9.17, 15) is 14.0 Å². The van der Waals surface area contributed by atoms with Gasteiger partial charge < -0.3 is 9.30 Å². The molecule has 6 rings (SSSR count). The summed E-state index contributed by atoms with van der Waals surface area (Å²) in [6, 6.07) is 4.12. The largest absolute Gasteiger partial charge is 0.486 e. The maximum absolute atomic E-state index is 13.5. The zero-order chi connectivity index (χ0) is 21.6. The quantitative estimate of drug-likeness (QED) is 0.580. The van der Waals surface area contributed by atoms with Crippen molar-refractivity contribution in [2.24, 2.45) is 10.8 Å². The van der Waals surface area contributed by atoms with Gasteiger partial charge in [-0.2, -0.15) is 0 Å². The number of aryl methyl sites for hydroxylation is 2. The molecule has 164 valence electrons. The van der Waals surface area contributed by atoms with E-state index < -0.39 is 5.82 Å². The van der Waals surface area contributed by atoms with Gasteiger partial charge in [0.2, 0.25) is 0 Å². The Morgan fingerprint density at radius 2 is 2.00 bits per heavy atom. The third-order valence-electron chi connectivity index (χ3n) is 7.11. The molecular formula is C23H25ClFN3O3. The van der Waals surface area contributed by atoms with Crippen LogP contribution >= 0.6 is 11.6 Å². The van der Waals surface area contributed by atoms with Crippen LogP contribution in [0.4, 0.5) is 4.39 Å². The van der Waals surface area contributed by atoms with Crippen molar-refractivity contribution >= 4 is 23.2 Å². The number of hydrogen-bond acceptors (Lipinski definition) is 5. The van der Waals surface area contributed by atoms with Gasteiger partial charge in [0.15, 0.2) is 5.78 Å². The summed E-state index contributed by atoms with van der Waals surface area (Å²) >= 11 is 5.65. The summed E-state index contributed by atoms with van der Waals surface area (Å²) < 4.78 is 21.0. The van der Waals surface area contributed by atoms with E-state index in [1.54, 1.807) is 6.07 Å². The maximum atomic E-state index is 13.5. The second kappa shape index (κ2) is 7.69. The van der Waals surface area contributed by atoms with E-state index in [1.165, 1.54) is 12.1 Å².